The van der Waals surface area contributed by atoms with Crippen LogP contribution in [-0.2, 0) is 9.59 Å². The number of hydrogen-bond acceptors (Lipinski definition) is 4. The predicted molar refractivity (Wildman–Crippen MR) is 111 cm³/mol. The Kier molecular flexibility index (Phi) is 7.60. The van der Waals surface area contributed by atoms with Crippen LogP contribution >= 0.6 is 11.8 Å². The minimum absolute atomic E-state index is 0.0158. The number of alkyl halides is 2. The molecule has 2 N–H and O–H groups in total. The van der Waals surface area contributed by atoms with Crippen molar-refractivity contribution in [1.82, 2.24) is 4.90 Å². The molecule has 1 heterocycles. The van der Waals surface area contributed by atoms with Crippen molar-refractivity contribution in [2.24, 2.45) is 5.92 Å². The molecule has 2 aromatic rings. The van der Waals surface area contributed by atoms with Crippen LogP contribution in [0.5, 0.6) is 0 Å². The van der Waals surface area contributed by atoms with E-state index in [1.165, 1.54) is 0 Å². The van der Waals surface area contributed by atoms with E-state index in [0.717, 1.165) is 5.69 Å². The molecule has 0 radical (unpaired) electrons. The summed E-state index contributed by atoms with van der Waals surface area (Å²) in [5.74, 6) is -2.67. The van der Waals surface area contributed by atoms with Crippen LogP contribution in [0.25, 0.3) is 0 Å². The van der Waals surface area contributed by atoms with E-state index in [9.17, 15) is 18.4 Å². The van der Waals surface area contributed by atoms with Gasteiger partial charge in [-0.25, -0.2) is 0 Å². The lowest BCUT2D eigenvalue weighted by Crippen LogP contribution is -2.41. The standard InChI is InChI=1S/C21H23F2N3O2S/c22-21(23)29-18-8-6-17(7-9-18)24-19(27)14-26-12-10-15(11-13-26)20(28)25-16-4-2-1-3-5-16/h1-9,15,21H,10-14H2,(H,24,27)(H,25,28). The number of nitrogens with one attached hydrogen (secondary N) is 2. The highest BCUT2D eigenvalue weighted by Crippen LogP contribution is 2.26. The van der Waals surface area contributed by atoms with Gasteiger partial charge in [-0.3, -0.25) is 14.5 Å². The van der Waals surface area contributed by atoms with Gasteiger partial charge in [-0.2, -0.15) is 8.78 Å². The molecule has 3 rings (SSSR count). The number of piperidine rings is 1. The number of hydrogen-bond donors (Lipinski definition) is 2. The second kappa shape index (κ2) is 10.4. The van der Waals surface area contributed by atoms with E-state index >= 15 is 0 Å². The number of carbonyl (C=O) groups is 2. The van der Waals surface area contributed by atoms with E-state index in [4.69, 9.17) is 0 Å². The molecule has 29 heavy (non-hydrogen) atoms. The van der Waals surface area contributed by atoms with Crippen molar-refractivity contribution >= 4 is 35.0 Å². The van der Waals surface area contributed by atoms with Crippen LogP contribution in [0.15, 0.2) is 59.5 Å². The van der Waals surface area contributed by atoms with Crippen molar-refractivity contribution in [3.05, 3.63) is 54.6 Å². The maximum atomic E-state index is 12.4. The first-order valence-electron chi connectivity index (χ1n) is 9.42. The fraction of sp³-hybridized carbons (Fsp3) is 0.333. The van der Waals surface area contributed by atoms with E-state index < -0.39 is 5.76 Å². The lowest BCUT2D eigenvalue weighted by atomic mass is 9.96. The van der Waals surface area contributed by atoms with Gasteiger partial charge in [-0.15, -0.1) is 0 Å². The monoisotopic (exact) mass is 419 g/mol. The Morgan fingerprint density at radius 3 is 2.21 bits per heavy atom. The molecular weight excluding hydrogens is 396 g/mol. The first-order valence-corrected chi connectivity index (χ1v) is 10.3. The summed E-state index contributed by atoms with van der Waals surface area (Å²) in [5, 5.41) is 5.71. The van der Waals surface area contributed by atoms with Gasteiger partial charge in [0.2, 0.25) is 11.8 Å². The van der Waals surface area contributed by atoms with Crippen molar-refractivity contribution < 1.29 is 18.4 Å². The zero-order valence-corrected chi connectivity index (χ0v) is 16.6. The zero-order chi connectivity index (χ0) is 20.6. The Morgan fingerprint density at radius 1 is 0.966 bits per heavy atom. The number of carbonyl (C=O) groups excluding carboxylic acids is 2. The van der Waals surface area contributed by atoms with Crippen molar-refractivity contribution in [2.45, 2.75) is 23.5 Å². The van der Waals surface area contributed by atoms with Crippen LogP contribution in [0.3, 0.4) is 0 Å². The number of nitrogens with zero attached hydrogens (tertiary/aromatic N) is 1. The third-order valence-corrected chi connectivity index (χ3v) is 5.45. The number of thioether (sulfide) groups is 1. The topological polar surface area (TPSA) is 61.4 Å². The van der Waals surface area contributed by atoms with Gasteiger partial charge in [0.25, 0.3) is 5.76 Å². The highest BCUT2D eigenvalue weighted by molar-refractivity contribution is 7.99. The Bertz CT molecular complexity index is 810. The number of rotatable bonds is 7. The van der Waals surface area contributed by atoms with E-state index in [1.54, 1.807) is 24.3 Å². The molecule has 0 aliphatic carbocycles. The molecule has 0 bridgehead atoms. The molecule has 0 spiro atoms. The van der Waals surface area contributed by atoms with Crippen LogP contribution < -0.4 is 10.6 Å². The normalized spacial score (nSPS) is 15.3. The largest absolute Gasteiger partial charge is 0.326 e. The Morgan fingerprint density at radius 2 is 1.59 bits per heavy atom. The van der Waals surface area contributed by atoms with E-state index in [0.29, 0.717) is 48.3 Å². The third-order valence-electron chi connectivity index (χ3n) is 4.73. The zero-order valence-electron chi connectivity index (χ0n) is 15.8. The smallest absolute Gasteiger partial charge is 0.288 e. The van der Waals surface area contributed by atoms with Crippen molar-refractivity contribution in [3.8, 4) is 0 Å². The maximum Gasteiger partial charge on any atom is 0.288 e. The number of halogens is 2. The van der Waals surface area contributed by atoms with Crippen molar-refractivity contribution in [2.75, 3.05) is 30.3 Å². The van der Waals surface area contributed by atoms with Crippen LogP contribution in [0, 0.1) is 5.92 Å². The fourth-order valence-corrected chi connectivity index (χ4v) is 3.74. The molecule has 0 aromatic heterocycles. The molecule has 0 atom stereocenters. The molecule has 8 heteroatoms. The van der Waals surface area contributed by atoms with Gasteiger partial charge < -0.3 is 10.6 Å². The second-order valence-corrected chi connectivity index (χ2v) is 7.92. The highest BCUT2D eigenvalue weighted by Gasteiger charge is 2.26. The van der Waals surface area contributed by atoms with Gasteiger partial charge in [-0.1, -0.05) is 30.0 Å². The van der Waals surface area contributed by atoms with E-state index in [-0.39, 0.29) is 24.3 Å². The van der Waals surface area contributed by atoms with Gasteiger partial charge in [0, 0.05) is 22.2 Å². The molecule has 1 fully saturated rings. The summed E-state index contributed by atoms with van der Waals surface area (Å²) in [4.78, 5) is 27.1. The number of likely N-dealkylation sites (tertiary alicyclic amines) is 1. The average molecular weight is 419 g/mol. The molecule has 1 aliphatic heterocycles. The molecular formula is C21H23F2N3O2S. The van der Waals surface area contributed by atoms with Gasteiger partial charge in [0.15, 0.2) is 0 Å². The van der Waals surface area contributed by atoms with Crippen molar-refractivity contribution in [1.29, 1.82) is 0 Å². The summed E-state index contributed by atoms with van der Waals surface area (Å²) in [7, 11) is 0. The first kappa shape index (κ1) is 21.3. The lowest BCUT2D eigenvalue weighted by Gasteiger charge is -2.30. The van der Waals surface area contributed by atoms with E-state index in [2.05, 4.69) is 10.6 Å². The summed E-state index contributed by atoms with van der Waals surface area (Å²) in [5.41, 5.74) is 1.36. The second-order valence-electron chi connectivity index (χ2n) is 6.86. The fourth-order valence-electron chi connectivity index (χ4n) is 3.24. The average Bonchev–Trinajstić information content (AvgIpc) is 2.70. The first-order chi connectivity index (χ1) is 14.0. The van der Waals surface area contributed by atoms with Gasteiger partial charge in [-0.05, 0) is 62.3 Å². The number of amides is 2. The Labute approximate surface area is 172 Å². The Balaban J connectivity index is 1.40. The number of anilines is 2. The maximum absolute atomic E-state index is 12.4. The summed E-state index contributed by atoms with van der Waals surface area (Å²) >= 11 is 0.470. The summed E-state index contributed by atoms with van der Waals surface area (Å²) in [6.45, 7) is 1.58. The predicted octanol–water partition coefficient (Wildman–Crippen LogP) is 4.29. The molecule has 2 amide bonds. The van der Waals surface area contributed by atoms with Gasteiger partial charge >= 0.3 is 0 Å². The highest BCUT2D eigenvalue weighted by atomic mass is 32.2. The van der Waals surface area contributed by atoms with Crippen molar-refractivity contribution in [3.63, 3.8) is 0 Å². The molecule has 1 saturated heterocycles. The minimum Gasteiger partial charge on any atom is -0.326 e. The summed E-state index contributed by atoms with van der Waals surface area (Å²) < 4.78 is 24.7. The molecule has 0 saturated carbocycles. The molecule has 5 nitrogen and oxygen atoms in total. The van der Waals surface area contributed by atoms with Crippen LogP contribution in [0.2, 0.25) is 0 Å². The van der Waals surface area contributed by atoms with Crippen LogP contribution in [0.1, 0.15) is 12.8 Å². The molecule has 0 unspecified atom stereocenters. The number of para-hydroxylation sites is 1. The van der Waals surface area contributed by atoms with Gasteiger partial charge in [0.05, 0.1) is 6.54 Å². The van der Waals surface area contributed by atoms with Crippen LogP contribution in [-0.4, -0.2) is 42.1 Å². The summed E-state index contributed by atoms with van der Waals surface area (Å²) in [6, 6.07) is 15.7. The van der Waals surface area contributed by atoms with Crippen LogP contribution in [0.4, 0.5) is 20.2 Å². The Hall–Kier alpha value is -2.45. The third kappa shape index (κ3) is 6.83. The molecule has 1 aliphatic rings. The van der Waals surface area contributed by atoms with E-state index in [1.807, 2.05) is 35.2 Å². The quantitative estimate of drug-likeness (QED) is 0.658. The molecule has 154 valence electrons. The minimum atomic E-state index is -2.46. The summed E-state index contributed by atoms with van der Waals surface area (Å²) in [6.07, 6.45) is 1.40. The lowest BCUT2D eigenvalue weighted by molar-refractivity contribution is -0.121. The number of benzene rings is 2. The SMILES string of the molecule is O=C(CN1CCC(C(=O)Nc2ccccc2)CC1)Nc1ccc(SC(F)F)cc1. The van der Waals surface area contributed by atoms with Gasteiger partial charge in [0.1, 0.15) is 0 Å². The molecule has 2 aromatic carbocycles.